The van der Waals surface area contributed by atoms with E-state index >= 15 is 0 Å². The number of nitrogens with zero attached hydrogens (tertiary/aromatic N) is 4. The minimum Gasteiger partial charge on any atom is -0.372 e. The number of benzene rings is 1. The lowest BCUT2D eigenvalue weighted by Gasteiger charge is -2.35. The highest BCUT2D eigenvalue weighted by Crippen LogP contribution is 2.15. The van der Waals surface area contributed by atoms with E-state index in [0.717, 1.165) is 24.6 Å². The van der Waals surface area contributed by atoms with Crippen LogP contribution in [0.25, 0.3) is 0 Å². The fraction of sp³-hybridized carbons (Fsp3) is 0.500. The minimum atomic E-state index is 0.0627. The van der Waals surface area contributed by atoms with E-state index in [2.05, 4.69) is 27.8 Å². The van der Waals surface area contributed by atoms with Gasteiger partial charge >= 0.3 is 0 Å². The van der Waals surface area contributed by atoms with Crippen LogP contribution in [0.4, 0.5) is 0 Å². The molecule has 0 radical (unpaired) electrons. The van der Waals surface area contributed by atoms with Gasteiger partial charge in [-0.3, -0.25) is 4.79 Å². The highest BCUT2D eigenvalue weighted by molar-refractivity contribution is 5.94. The van der Waals surface area contributed by atoms with Gasteiger partial charge in [-0.1, -0.05) is 12.1 Å². The number of morpholine rings is 1. The Labute approximate surface area is 185 Å². The van der Waals surface area contributed by atoms with Crippen molar-refractivity contribution in [3.05, 3.63) is 59.4 Å². The van der Waals surface area contributed by atoms with Crippen LogP contribution in [0, 0.1) is 0 Å². The van der Waals surface area contributed by atoms with E-state index in [1.807, 2.05) is 69.4 Å². The number of hydrogen-bond acceptors (Lipinski definition) is 3. The van der Waals surface area contributed by atoms with Gasteiger partial charge in [0.1, 0.15) is 0 Å². The van der Waals surface area contributed by atoms with Gasteiger partial charge in [-0.25, -0.2) is 4.99 Å². The summed E-state index contributed by atoms with van der Waals surface area (Å²) in [6.07, 6.45) is 2.19. The molecule has 0 saturated carbocycles. The van der Waals surface area contributed by atoms with Gasteiger partial charge in [-0.05, 0) is 50.6 Å². The molecule has 1 saturated heterocycles. The number of hydrogen-bond donors (Lipinski definition) is 1. The Bertz CT molecular complexity index is 880. The molecule has 168 valence electrons. The molecule has 7 nitrogen and oxygen atoms in total. The van der Waals surface area contributed by atoms with E-state index in [1.165, 1.54) is 5.69 Å². The van der Waals surface area contributed by atoms with Crippen molar-refractivity contribution < 1.29 is 9.53 Å². The molecule has 3 rings (SSSR count). The number of guanidine groups is 1. The van der Waals surface area contributed by atoms with Gasteiger partial charge in [0.25, 0.3) is 5.91 Å². The number of aryl methyl sites for hydroxylation is 1. The van der Waals surface area contributed by atoms with Gasteiger partial charge < -0.3 is 24.4 Å². The first kappa shape index (κ1) is 22.9. The third kappa shape index (κ3) is 6.10. The van der Waals surface area contributed by atoms with Gasteiger partial charge in [0.15, 0.2) is 5.96 Å². The summed E-state index contributed by atoms with van der Waals surface area (Å²) in [4.78, 5) is 21.6. The summed E-state index contributed by atoms with van der Waals surface area (Å²) in [5, 5.41) is 3.36. The van der Waals surface area contributed by atoms with Crippen molar-refractivity contribution in [3.8, 4) is 0 Å². The first-order chi connectivity index (χ1) is 14.9. The predicted octanol–water partition coefficient (Wildman–Crippen LogP) is 2.87. The lowest BCUT2D eigenvalue weighted by Crippen LogP contribution is -2.48. The van der Waals surface area contributed by atoms with Crippen LogP contribution in [0.3, 0.4) is 0 Å². The van der Waals surface area contributed by atoms with Gasteiger partial charge in [-0.2, -0.15) is 0 Å². The number of aromatic nitrogens is 1. The molecule has 2 atom stereocenters. The average molecular weight is 426 g/mol. The second kappa shape index (κ2) is 10.5. The second-order valence-electron chi connectivity index (χ2n) is 8.30. The molecule has 1 N–H and O–H groups in total. The number of aliphatic imine (C=N–C) groups is 1. The standard InChI is InChI=1S/C24H35N5O2/c1-6-25-24(28(5)17-22-8-7-13-27(22)4)26-14-20-9-11-21(12-10-20)23(30)29-15-18(2)31-19(3)16-29/h7-13,18-19H,6,14-17H2,1-5H3,(H,25,26). The maximum absolute atomic E-state index is 12.8. The smallest absolute Gasteiger partial charge is 0.254 e. The van der Waals surface area contributed by atoms with Crippen LogP contribution >= 0.6 is 0 Å². The lowest BCUT2D eigenvalue weighted by atomic mass is 10.1. The normalized spacial score (nSPS) is 19.4. The van der Waals surface area contributed by atoms with Crippen molar-refractivity contribution in [2.45, 2.75) is 46.1 Å². The Hall–Kier alpha value is -2.80. The molecule has 2 heterocycles. The molecule has 2 aromatic rings. The van der Waals surface area contributed by atoms with Gasteiger partial charge in [-0.15, -0.1) is 0 Å². The van der Waals surface area contributed by atoms with E-state index in [4.69, 9.17) is 9.73 Å². The Morgan fingerprint density at radius 2 is 1.87 bits per heavy atom. The highest BCUT2D eigenvalue weighted by atomic mass is 16.5. The number of ether oxygens (including phenoxy) is 1. The topological polar surface area (TPSA) is 62.1 Å². The van der Waals surface area contributed by atoms with Crippen LogP contribution in [0.5, 0.6) is 0 Å². The number of carbonyl (C=O) groups is 1. The summed E-state index contributed by atoms with van der Waals surface area (Å²) < 4.78 is 7.85. The van der Waals surface area contributed by atoms with Gasteiger partial charge in [0, 0.05) is 51.2 Å². The van der Waals surface area contributed by atoms with E-state index in [0.29, 0.717) is 25.2 Å². The number of rotatable bonds is 6. The maximum atomic E-state index is 12.8. The molecule has 1 amide bonds. The Morgan fingerprint density at radius 1 is 1.19 bits per heavy atom. The van der Waals surface area contributed by atoms with Crippen LogP contribution in [-0.4, -0.2) is 65.1 Å². The molecule has 1 aromatic heterocycles. The number of nitrogens with one attached hydrogen (secondary N) is 1. The summed E-state index contributed by atoms with van der Waals surface area (Å²) in [6.45, 7) is 9.49. The zero-order valence-corrected chi connectivity index (χ0v) is 19.3. The van der Waals surface area contributed by atoms with Gasteiger partial charge in [0.05, 0.1) is 25.3 Å². The molecule has 0 bridgehead atoms. The average Bonchev–Trinajstić information content (AvgIpc) is 3.14. The molecule has 1 aliphatic rings. The van der Waals surface area contributed by atoms with Crippen molar-refractivity contribution in [3.63, 3.8) is 0 Å². The predicted molar refractivity (Wildman–Crippen MR) is 124 cm³/mol. The molecular formula is C24H35N5O2. The molecule has 31 heavy (non-hydrogen) atoms. The summed E-state index contributed by atoms with van der Waals surface area (Å²) in [5.41, 5.74) is 3.01. The lowest BCUT2D eigenvalue weighted by molar-refractivity contribution is -0.0586. The van der Waals surface area contributed by atoms with Crippen molar-refractivity contribution in [2.75, 3.05) is 26.7 Å². The first-order valence-corrected chi connectivity index (χ1v) is 11.0. The minimum absolute atomic E-state index is 0.0627. The summed E-state index contributed by atoms with van der Waals surface area (Å²) >= 11 is 0. The van der Waals surface area contributed by atoms with Gasteiger partial charge in [0.2, 0.25) is 0 Å². The monoisotopic (exact) mass is 425 g/mol. The zero-order chi connectivity index (χ0) is 22.4. The molecule has 0 aliphatic carbocycles. The second-order valence-corrected chi connectivity index (χ2v) is 8.30. The van der Waals surface area contributed by atoms with Crippen LogP contribution in [0.15, 0.2) is 47.6 Å². The van der Waals surface area contributed by atoms with Crippen LogP contribution in [0.2, 0.25) is 0 Å². The molecule has 2 unspecified atom stereocenters. The van der Waals surface area contributed by atoms with Crippen molar-refractivity contribution >= 4 is 11.9 Å². The Kier molecular flexibility index (Phi) is 7.74. The van der Waals surface area contributed by atoms with E-state index < -0.39 is 0 Å². The fourth-order valence-electron chi connectivity index (χ4n) is 3.89. The van der Waals surface area contributed by atoms with E-state index in [9.17, 15) is 4.79 Å². The van der Waals surface area contributed by atoms with Crippen molar-refractivity contribution in [2.24, 2.45) is 12.0 Å². The molecule has 1 aliphatic heterocycles. The van der Waals surface area contributed by atoms with Crippen LogP contribution in [-0.2, 0) is 24.9 Å². The molecule has 1 fully saturated rings. The maximum Gasteiger partial charge on any atom is 0.254 e. The van der Waals surface area contributed by atoms with E-state index in [1.54, 1.807) is 0 Å². The first-order valence-electron chi connectivity index (χ1n) is 11.0. The Balaban J connectivity index is 1.63. The number of amides is 1. The fourth-order valence-corrected chi connectivity index (χ4v) is 3.89. The van der Waals surface area contributed by atoms with Crippen LogP contribution in [0.1, 0.15) is 42.4 Å². The summed E-state index contributed by atoms with van der Waals surface area (Å²) in [5.74, 6) is 0.924. The van der Waals surface area contributed by atoms with Crippen molar-refractivity contribution in [1.82, 2.24) is 19.7 Å². The highest BCUT2D eigenvalue weighted by Gasteiger charge is 2.26. The molecule has 0 spiro atoms. The zero-order valence-electron chi connectivity index (χ0n) is 19.3. The number of carbonyl (C=O) groups excluding carboxylic acids is 1. The molecule has 7 heteroatoms. The third-order valence-corrected chi connectivity index (χ3v) is 5.47. The van der Waals surface area contributed by atoms with E-state index in [-0.39, 0.29) is 18.1 Å². The SMILES string of the molecule is CCNC(=NCc1ccc(C(=O)N2CC(C)OC(C)C2)cc1)N(C)Cc1cccn1C. The van der Waals surface area contributed by atoms with Crippen molar-refractivity contribution in [1.29, 1.82) is 0 Å². The van der Waals surface area contributed by atoms with Crippen LogP contribution < -0.4 is 5.32 Å². The largest absolute Gasteiger partial charge is 0.372 e. The Morgan fingerprint density at radius 3 is 2.45 bits per heavy atom. The quantitative estimate of drug-likeness (QED) is 0.571. The molecule has 1 aromatic carbocycles. The molecular weight excluding hydrogens is 390 g/mol. The third-order valence-electron chi connectivity index (χ3n) is 5.47. The summed E-state index contributed by atoms with van der Waals surface area (Å²) in [7, 11) is 4.09. The summed E-state index contributed by atoms with van der Waals surface area (Å²) in [6, 6.07) is 12.0.